The highest BCUT2D eigenvalue weighted by Crippen LogP contribution is 2.13. The van der Waals surface area contributed by atoms with E-state index in [2.05, 4.69) is 19.9 Å². The Morgan fingerprint density at radius 1 is 1.45 bits per heavy atom. The van der Waals surface area contributed by atoms with Crippen molar-refractivity contribution in [1.29, 1.82) is 5.26 Å². The van der Waals surface area contributed by atoms with Crippen molar-refractivity contribution in [3.63, 3.8) is 0 Å². The first kappa shape index (κ1) is 7.87. The molecular formula is C9H12N2. The van der Waals surface area contributed by atoms with E-state index < -0.39 is 0 Å². The summed E-state index contributed by atoms with van der Waals surface area (Å²) in [5.74, 6) is 0. The zero-order chi connectivity index (χ0) is 8.43. The second-order valence-corrected chi connectivity index (χ2v) is 2.81. The van der Waals surface area contributed by atoms with E-state index in [4.69, 9.17) is 5.26 Å². The van der Waals surface area contributed by atoms with Gasteiger partial charge in [0.25, 0.3) is 0 Å². The number of aromatic nitrogens is 1. The van der Waals surface area contributed by atoms with Gasteiger partial charge in [-0.25, -0.2) is 0 Å². The van der Waals surface area contributed by atoms with E-state index in [1.807, 2.05) is 17.7 Å². The molecule has 58 valence electrons. The van der Waals surface area contributed by atoms with Crippen molar-refractivity contribution in [2.75, 3.05) is 0 Å². The van der Waals surface area contributed by atoms with Gasteiger partial charge in [-0.1, -0.05) is 0 Å². The maximum Gasteiger partial charge on any atom is 0.109 e. The fourth-order valence-electron chi connectivity index (χ4n) is 1.17. The minimum absolute atomic E-state index is 0.459. The molecule has 1 aromatic heterocycles. The van der Waals surface area contributed by atoms with Crippen LogP contribution in [0.2, 0.25) is 0 Å². The van der Waals surface area contributed by atoms with Gasteiger partial charge in [0.1, 0.15) is 6.54 Å². The summed E-state index contributed by atoms with van der Waals surface area (Å²) in [6, 6.07) is 2.13. The molecular weight excluding hydrogens is 136 g/mol. The Kier molecular flexibility index (Phi) is 2.00. The van der Waals surface area contributed by atoms with Crippen LogP contribution in [-0.2, 0) is 6.54 Å². The van der Waals surface area contributed by atoms with Crippen LogP contribution in [0.1, 0.15) is 16.8 Å². The summed E-state index contributed by atoms with van der Waals surface area (Å²) >= 11 is 0. The molecule has 1 aromatic rings. The summed E-state index contributed by atoms with van der Waals surface area (Å²) in [7, 11) is 0. The Labute approximate surface area is 67.1 Å². The average Bonchev–Trinajstić information content (AvgIpc) is 2.19. The van der Waals surface area contributed by atoms with Crippen LogP contribution in [-0.4, -0.2) is 4.57 Å². The normalized spacial score (nSPS) is 9.64. The van der Waals surface area contributed by atoms with Crippen LogP contribution < -0.4 is 0 Å². The molecule has 0 aliphatic heterocycles. The second-order valence-electron chi connectivity index (χ2n) is 2.81. The zero-order valence-corrected chi connectivity index (χ0v) is 7.18. The average molecular weight is 148 g/mol. The highest BCUT2D eigenvalue weighted by molar-refractivity contribution is 5.29. The van der Waals surface area contributed by atoms with Gasteiger partial charge in [0.15, 0.2) is 0 Å². The van der Waals surface area contributed by atoms with Crippen molar-refractivity contribution in [2.24, 2.45) is 0 Å². The fourth-order valence-corrected chi connectivity index (χ4v) is 1.17. The summed E-state index contributed by atoms with van der Waals surface area (Å²) in [5, 5.41) is 8.47. The molecule has 0 N–H and O–H groups in total. The molecule has 2 nitrogen and oxygen atoms in total. The van der Waals surface area contributed by atoms with Gasteiger partial charge in [-0.3, -0.25) is 0 Å². The standard InChI is InChI=1S/C9H12N2/c1-7-6-11(5-4-10)9(3)8(7)2/h6H,5H2,1-3H3. The Bertz CT molecular complexity index is 302. The summed E-state index contributed by atoms with van der Waals surface area (Å²) in [5.41, 5.74) is 3.75. The summed E-state index contributed by atoms with van der Waals surface area (Å²) < 4.78 is 1.98. The summed E-state index contributed by atoms with van der Waals surface area (Å²) in [6.45, 7) is 6.65. The topological polar surface area (TPSA) is 28.7 Å². The van der Waals surface area contributed by atoms with Crippen LogP contribution in [0.4, 0.5) is 0 Å². The molecule has 0 aliphatic carbocycles. The molecule has 0 aliphatic rings. The van der Waals surface area contributed by atoms with E-state index in [-0.39, 0.29) is 0 Å². The third kappa shape index (κ3) is 1.27. The molecule has 0 atom stereocenters. The van der Waals surface area contributed by atoms with Crippen molar-refractivity contribution in [1.82, 2.24) is 4.57 Å². The molecule has 0 fully saturated rings. The Hall–Kier alpha value is -1.23. The number of hydrogen-bond acceptors (Lipinski definition) is 1. The van der Waals surface area contributed by atoms with E-state index in [9.17, 15) is 0 Å². The van der Waals surface area contributed by atoms with Crippen LogP contribution in [0.5, 0.6) is 0 Å². The minimum Gasteiger partial charge on any atom is -0.338 e. The highest BCUT2D eigenvalue weighted by atomic mass is 15.0. The van der Waals surface area contributed by atoms with Crippen LogP contribution in [0.25, 0.3) is 0 Å². The predicted octanol–water partition coefficient (Wildman–Crippen LogP) is 1.94. The van der Waals surface area contributed by atoms with E-state index in [0.29, 0.717) is 6.54 Å². The number of rotatable bonds is 1. The maximum absolute atomic E-state index is 8.47. The first-order valence-corrected chi connectivity index (χ1v) is 3.66. The SMILES string of the molecule is Cc1cn(CC#N)c(C)c1C. The molecule has 0 saturated heterocycles. The van der Waals surface area contributed by atoms with Crippen LogP contribution in [0, 0.1) is 32.1 Å². The van der Waals surface area contributed by atoms with Crippen LogP contribution >= 0.6 is 0 Å². The van der Waals surface area contributed by atoms with Gasteiger partial charge in [0.2, 0.25) is 0 Å². The van der Waals surface area contributed by atoms with E-state index in [0.717, 1.165) is 0 Å². The lowest BCUT2D eigenvalue weighted by Gasteiger charge is -1.98. The molecule has 11 heavy (non-hydrogen) atoms. The van der Waals surface area contributed by atoms with Gasteiger partial charge in [-0.15, -0.1) is 0 Å². The number of hydrogen-bond donors (Lipinski definition) is 0. The van der Waals surface area contributed by atoms with E-state index >= 15 is 0 Å². The third-order valence-electron chi connectivity index (χ3n) is 2.16. The number of aryl methyl sites for hydroxylation is 1. The Morgan fingerprint density at radius 2 is 2.09 bits per heavy atom. The molecule has 0 bridgehead atoms. The van der Waals surface area contributed by atoms with Crippen molar-refractivity contribution in [3.8, 4) is 6.07 Å². The summed E-state index contributed by atoms with van der Waals surface area (Å²) in [6.07, 6.45) is 2.02. The van der Waals surface area contributed by atoms with Crippen LogP contribution in [0.3, 0.4) is 0 Å². The van der Waals surface area contributed by atoms with E-state index in [1.54, 1.807) is 0 Å². The van der Waals surface area contributed by atoms with Crippen LogP contribution in [0.15, 0.2) is 6.20 Å². The quantitative estimate of drug-likeness (QED) is 0.598. The predicted molar refractivity (Wildman–Crippen MR) is 44.3 cm³/mol. The maximum atomic E-state index is 8.47. The third-order valence-corrected chi connectivity index (χ3v) is 2.16. The number of nitriles is 1. The second kappa shape index (κ2) is 2.79. The highest BCUT2D eigenvalue weighted by Gasteiger charge is 2.03. The smallest absolute Gasteiger partial charge is 0.109 e. The number of nitrogens with zero attached hydrogens (tertiary/aromatic N) is 2. The first-order chi connectivity index (χ1) is 5.16. The van der Waals surface area contributed by atoms with Gasteiger partial charge in [-0.2, -0.15) is 5.26 Å². The van der Waals surface area contributed by atoms with Gasteiger partial charge in [0.05, 0.1) is 6.07 Å². The zero-order valence-electron chi connectivity index (χ0n) is 7.18. The van der Waals surface area contributed by atoms with Crippen molar-refractivity contribution in [3.05, 3.63) is 23.0 Å². The molecule has 1 heterocycles. The Balaban J connectivity index is 3.10. The molecule has 0 saturated carbocycles. The first-order valence-electron chi connectivity index (χ1n) is 3.66. The molecule has 0 radical (unpaired) electrons. The lowest BCUT2D eigenvalue weighted by Crippen LogP contribution is -1.95. The van der Waals surface area contributed by atoms with Gasteiger partial charge in [0, 0.05) is 11.9 Å². The lowest BCUT2D eigenvalue weighted by atomic mass is 10.2. The van der Waals surface area contributed by atoms with Crippen molar-refractivity contribution >= 4 is 0 Å². The lowest BCUT2D eigenvalue weighted by molar-refractivity contribution is 0.802. The van der Waals surface area contributed by atoms with Crippen molar-refractivity contribution < 1.29 is 0 Å². The van der Waals surface area contributed by atoms with Gasteiger partial charge >= 0.3 is 0 Å². The van der Waals surface area contributed by atoms with E-state index in [1.165, 1.54) is 16.8 Å². The molecule has 2 heteroatoms. The molecule has 0 amide bonds. The van der Waals surface area contributed by atoms with Gasteiger partial charge < -0.3 is 4.57 Å². The fraction of sp³-hybridized carbons (Fsp3) is 0.444. The Morgan fingerprint density at radius 3 is 2.45 bits per heavy atom. The monoisotopic (exact) mass is 148 g/mol. The molecule has 0 unspecified atom stereocenters. The minimum atomic E-state index is 0.459. The molecule has 0 spiro atoms. The summed E-state index contributed by atoms with van der Waals surface area (Å²) in [4.78, 5) is 0. The molecule has 0 aromatic carbocycles. The van der Waals surface area contributed by atoms with Crippen molar-refractivity contribution in [2.45, 2.75) is 27.3 Å². The van der Waals surface area contributed by atoms with Gasteiger partial charge in [-0.05, 0) is 31.9 Å². The largest absolute Gasteiger partial charge is 0.338 e. The molecule has 1 rings (SSSR count).